The maximum Gasteiger partial charge on any atom is 0.160 e. The molecular formula is C11H15NO3. The Morgan fingerprint density at radius 3 is 2.67 bits per heavy atom. The summed E-state index contributed by atoms with van der Waals surface area (Å²) in [6, 6.07) is 5.05. The van der Waals surface area contributed by atoms with Crippen LogP contribution < -0.4 is 10.5 Å². The Morgan fingerprint density at radius 1 is 1.47 bits per heavy atom. The number of hydrogen-bond acceptors (Lipinski definition) is 4. The van der Waals surface area contributed by atoms with Gasteiger partial charge in [-0.1, -0.05) is 6.07 Å². The molecule has 15 heavy (non-hydrogen) atoms. The highest BCUT2D eigenvalue weighted by atomic mass is 16.5. The van der Waals surface area contributed by atoms with Crippen LogP contribution >= 0.6 is 0 Å². The average Bonchev–Trinajstić information content (AvgIpc) is 2.16. The van der Waals surface area contributed by atoms with E-state index in [1.54, 1.807) is 18.2 Å². The van der Waals surface area contributed by atoms with Gasteiger partial charge in [-0.15, -0.1) is 0 Å². The maximum atomic E-state index is 9.43. The molecule has 0 heterocycles. The van der Waals surface area contributed by atoms with Crippen LogP contribution in [-0.4, -0.2) is 23.4 Å². The highest BCUT2D eigenvalue weighted by Gasteiger charge is 2.41. The first-order valence-corrected chi connectivity index (χ1v) is 4.89. The summed E-state index contributed by atoms with van der Waals surface area (Å²) >= 11 is 0. The number of hydrogen-bond donors (Lipinski definition) is 3. The number of methoxy groups -OCH3 is 1. The second kappa shape index (κ2) is 3.40. The molecule has 0 spiro atoms. The molecule has 4 nitrogen and oxygen atoms in total. The molecule has 1 aromatic rings. The van der Waals surface area contributed by atoms with Gasteiger partial charge < -0.3 is 20.7 Å². The Bertz CT molecular complexity index is 372. The third-order valence-corrected chi connectivity index (χ3v) is 2.95. The van der Waals surface area contributed by atoms with Crippen molar-refractivity contribution in [2.75, 3.05) is 7.11 Å². The third-order valence-electron chi connectivity index (χ3n) is 2.95. The van der Waals surface area contributed by atoms with Gasteiger partial charge in [-0.25, -0.2) is 0 Å². The topological polar surface area (TPSA) is 75.7 Å². The zero-order valence-electron chi connectivity index (χ0n) is 8.60. The second-order valence-corrected chi connectivity index (χ2v) is 4.10. The predicted molar refractivity (Wildman–Crippen MR) is 55.8 cm³/mol. The van der Waals surface area contributed by atoms with E-state index in [9.17, 15) is 10.2 Å². The summed E-state index contributed by atoms with van der Waals surface area (Å²) in [6.45, 7) is 0. The number of rotatable bonds is 2. The summed E-state index contributed by atoms with van der Waals surface area (Å²) in [4.78, 5) is 0. The number of aliphatic hydroxyl groups excluding tert-OH is 1. The molecule has 0 radical (unpaired) electrons. The van der Waals surface area contributed by atoms with Crippen molar-refractivity contribution in [3.63, 3.8) is 0 Å². The van der Waals surface area contributed by atoms with E-state index in [-0.39, 0.29) is 11.9 Å². The molecule has 4 heteroatoms. The quantitative estimate of drug-likeness (QED) is 0.670. The molecule has 0 aliphatic heterocycles. The van der Waals surface area contributed by atoms with Crippen LogP contribution in [0.3, 0.4) is 0 Å². The fourth-order valence-corrected chi connectivity index (χ4v) is 2.00. The fraction of sp³-hybridized carbons (Fsp3) is 0.455. The molecule has 4 N–H and O–H groups in total. The van der Waals surface area contributed by atoms with E-state index in [0.29, 0.717) is 18.6 Å². The van der Waals surface area contributed by atoms with Crippen LogP contribution in [0.2, 0.25) is 0 Å². The van der Waals surface area contributed by atoms with Crippen LogP contribution in [0, 0.1) is 0 Å². The minimum Gasteiger partial charge on any atom is -0.504 e. The van der Waals surface area contributed by atoms with Gasteiger partial charge >= 0.3 is 0 Å². The Kier molecular flexibility index (Phi) is 2.32. The number of phenols is 1. The summed E-state index contributed by atoms with van der Waals surface area (Å²) in [5.41, 5.74) is 6.51. The lowest BCUT2D eigenvalue weighted by Gasteiger charge is -2.42. The monoisotopic (exact) mass is 209 g/mol. The molecule has 1 aliphatic rings. The summed E-state index contributed by atoms with van der Waals surface area (Å²) < 4.78 is 5.01. The van der Waals surface area contributed by atoms with Gasteiger partial charge in [0.25, 0.3) is 0 Å². The average molecular weight is 209 g/mol. The van der Waals surface area contributed by atoms with Crippen LogP contribution in [0.1, 0.15) is 18.4 Å². The number of nitrogens with two attached hydrogens (primary N) is 1. The number of benzene rings is 1. The molecule has 82 valence electrons. The lowest BCUT2D eigenvalue weighted by Crippen LogP contribution is -2.51. The SMILES string of the molecule is COc1cc(C2(N)CC(O)C2)ccc1O. The highest BCUT2D eigenvalue weighted by Crippen LogP contribution is 2.41. The van der Waals surface area contributed by atoms with E-state index in [1.165, 1.54) is 7.11 Å². The molecule has 1 aliphatic carbocycles. The van der Waals surface area contributed by atoms with Crippen LogP contribution in [0.25, 0.3) is 0 Å². The van der Waals surface area contributed by atoms with Gasteiger partial charge in [-0.2, -0.15) is 0 Å². The second-order valence-electron chi connectivity index (χ2n) is 4.10. The summed E-state index contributed by atoms with van der Waals surface area (Å²) in [5, 5.41) is 18.7. The number of aromatic hydroxyl groups is 1. The number of aliphatic hydroxyl groups is 1. The van der Waals surface area contributed by atoms with Gasteiger partial charge in [0, 0.05) is 5.54 Å². The minimum absolute atomic E-state index is 0.102. The zero-order valence-corrected chi connectivity index (χ0v) is 8.60. The third kappa shape index (κ3) is 1.66. The van der Waals surface area contributed by atoms with Crippen molar-refractivity contribution in [3.05, 3.63) is 23.8 Å². The van der Waals surface area contributed by atoms with E-state index < -0.39 is 5.54 Å². The van der Waals surface area contributed by atoms with Gasteiger partial charge in [0.15, 0.2) is 11.5 Å². The van der Waals surface area contributed by atoms with Crippen LogP contribution in [-0.2, 0) is 5.54 Å². The number of ether oxygens (including phenoxy) is 1. The van der Waals surface area contributed by atoms with E-state index in [0.717, 1.165) is 5.56 Å². The molecule has 1 saturated carbocycles. The van der Waals surface area contributed by atoms with Crippen LogP contribution in [0.5, 0.6) is 11.5 Å². The van der Waals surface area contributed by atoms with Crippen molar-refractivity contribution < 1.29 is 14.9 Å². The smallest absolute Gasteiger partial charge is 0.160 e. The molecule has 1 fully saturated rings. The molecule has 0 bridgehead atoms. The maximum absolute atomic E-state index is 9.43. The molecule has 1 aromatic carbocycles. The van der Waals surface area contributed by atoms with Crippen molar-refractivity contribution in [2.24, 2.45) is 5.73 Å². The summed E-state index contributed by atoms with van der Waals surface area (Å²) in [5.74, 6) is 0.517. The summed E-state index contributed by atoms with van der Waals surface area (Å²) in [7, 11) is 1.50. The van der Waals surface area contributed by atoms with Gasteiger partial charge in [0.05, 0.1) is 13.2 Å². The van der Waals surface area contributed by atoms with Crippen LogP contribution in [0.4, 0.5) is 0 Å². The minimum atomic E-state index is -0.472. The van der Waals surface area contributed by atoms with E-state index in [4.69, 9.17) is 10.5 Å². The van der Waals surface area contributed by atoms with Crippen molar-refractivity contribution in [1.82, 2.24) is 0 Å². The van der Waals surface area contributed by atoms with Gasteiger partial charge in [-0.05, 0) is 30.5 Å². The highest BCUT2D eigenvalue weighted by molar-refractivity contribution is 5.44. The lowest BCUT2D eigenvalue weighted by atomic mass is 9.70. The van der Waals surface area contributed by atoms with E-state index in [2.05, 4.69) is 0 Å². The first-order valence-electron chi connectivity index (χ1n) is 4.89. The molecule has 0 amide bonds. The molecule has 0 atom stereocenters. The standard InChI is InChI=1S/C11H15NO3/c1-15-10-4-7(2-3-9(10)14)11(12)5-8(13)6-11/h2-4,8,13-14H,5-6,12H2,1H3. The first-order chi connectivity index (χ1) is 7.05. The fourth-order valence-electron chi connectivity index (χ4n) is 2.00. The van der Waals surface area contributed by atoms with Gasteiger partial charge in [0.2, 0.25) is 0 Å². The Hall–Kier alpha value is -1.26. The van der Waals surface area contributed by atoms with Gasteiger partial charge in [-0.3, -0.25) is 0 Å². The molecule has 0 saturated heterocycles. The van der Waals surface area contributed by atoms with E-state index >= 15 is 0 Å². The predicted octanol–water partition coefficient (Wildman–Crippen LogP) is 0.710. The Morgan fingerprint density at radius 2 is 2.13 bits per heavy atom. The molecule has 0 aromatic heterocycles. The zero-order chi connectivity index (χ0) is 11.1. The normalized spacial score (nSPS) is 29.7. The van der Waals surface area contributed by atoms with Crippen molar-refractivity contribution in [1.29, 1.82) is 0 Å². The van der Waals surface area contributed by atoms with Crippen molar-refractivity contribution in [2.45, 2.75) is 24.5 Å². The number of phenolic OH excluding ortho intramolecular Hbond substituents is 1. The Balaban J connectivity index is 2.30. The van der Waals surface area contributed by atoms with Crippen LogP contribution in [0.15, 0.2) is 18.2 Å². The first kappa shape index (κ1) is 10.3. The van der Waals surface area contributed by atoms with Crippen molar-refractivity contribution >= 4 is 0 Å². The molecular weight excluding hydrogens is 194 g/mol. The Labute approximate surface area is 88.3 Å². The lowest BCUT2D eigenvalue weighted by molar-refractivity contribution is 0.0208. The van der Waals surface area contributed by atoms with Gasteiger partial charge in [0.1, 0.15) is 0 Å². The molecule has 0 unspecified atom stereocenters. The molecule has 2 rings (SSSR count). The van der Waals surface area contributed by atoms with Crippen molar-refractivity contribution in [3.8, 4) is 11.5 Å². The van der Waals surface area contributed by atoms with E-state index in [1.807, 2.05) is 0 Å². The summed E-state index contributed by atoms with van der Waals surface area (Å²) in [6.07, 6.45) is 0.803. The largest absolute Gasteiger partial charge is 0.504 e.